The van der Waals surface area contributed by atoms with Crippen molar-refractivity contribution in [3.8, 4) is 0 Å². The molecule has 3 amide bonds. The molecule has 0 bridgehead atoms. The number of amides is 3. The molecule has 2 rings (SSSR count). The zero-order chi connectivity index (χ0) is 19.8. The van der Waals surface area contributed by atoms with Gasteiger partial charge in [0.25, 0.3) is 11.8 Å². The normalized spacial score (nSPS) is 10.2. The van der Waals surface area contributed by atoms with Crippen molar-refractivity contribution in [3.63, 3.8) is 0 Å². The van der Waals surface area contributed by atoms with Crippen LogP contribution in [-0.4, -0.2) is 37.4 Å². The SMILES string of the molecule is Cc1cc(C)cc(C(=O)NCC(=O)NCCNC(=O)c2ccc(Cl)cc2)c1. The monoisotopic (exact) mass is 387 g/mol. The number of hydrogen-bond donors (Lipinski definition) is 3. The molecular weight excluding hydrogens is 366 g/mol. The minimum Gasteiger partial charge on any atom is -0.353 e. The third-order valence-corrected chi connectivity index (χ3v) is 3.98. The van der Waals surface area contributed by atoms with E-state index in [1.54, 1.807) is 36.4 Å². The highest BCUT2D eigenvalue weighted by molar-refractivity contribution is 6.30. The Balaban J connectivity index is 1.68. The van der Waals surface area contributed by atoms with E-state index in [9.17, 15) is 14.4 Å². The van der Waals surface area contributed by atoms with E-state index in [1.807, 2.05) is 19.9 Å². The predicted molar refractivity (Wildman–Crippen MR) is 105 cm³/mol. The second kappa shape index (κ2) is 9.73. The standard InChI is InChI=1S/C20H22ClN3O3/c1-13-9-14(2)11-16(10-13)20(27)24-12-18(25)22-7-8-23-19(26)15-3-5-17(21)6-4-15/h3-6,9-11H,7-8,12H2,1-2H3,(H,22,25)(H,23,26)(H,24,27). The quantitative estimate of drug-likeness (QED) is 0.637. The van der Waals surface area contributed by atoms with Crippen molar-refractivity contribution in [2.24, 2.45) is 0 Å². The van der Waals surface area contributed by atoms with Gasteiger partial charge < -0.3 is 16.0 Å². The maximum atomic E-state index is 12.1. The van der Waals surface area contributed by atoms with Gasteiger partial charge >= 0.3 is 0 Å². The second-order valence-electron chi connectivity index (χ2n) is 6.17. The van der Waals surface area contributed by atoms with Gasteiger partial charge in [-0.05, 0) is 50.2 Å². The summed E-state index contributed by atoms with van der Waals surface area (Å²) in [4.78, 5) is 35.8. The number of carbonyl (C=O) groups is 3. The molecular formula is C20H22ClN3O3. The molecule has 0 atom stereocenters. The van der Waals surface area contributed by atoms with Gasteiger partial charge in [0.2, 0.25) is 5.91 Å². The van der Waals surface area contributed by atoms with E-state index >= 15 is 0 Å². The summed E-state index contributed by atoms with van der Waals surface area (Å²) in [6, 6.07) is 12.0. The van der Waals surface area contributed by atoms with Gasteiger partial charge in [0.1, 0.15) is 0 Å². The highest BCUT2D eigenvalue weighted by atomic mass is 35.5. The maximum absolute atomic E-state index is 12.1. The second-order valence-corrected chi connectivity index (χ2v) is 6.61. The van der Waals surface area contributed by atoms with Crippen molar-refractivity contribution in [2.45, 2.75) is 13.8 Å². The molecule has 2 aromatic rings. The lowest BCUT2D eigenvalue weighted by Crippen LogP contribution is -2.40. The van der Waals surface area contributed by atoms with E-state index < -0.39 is 0 Å². The molecule has 3 N–H and O–H groups in total. The Morgan fingerprint density at radius 1 is 0.778 bits per heavy atom. The molecule has 0 saturated heterocycles. The summed E-state index contributed by atoms with van der Waals surface area (Å²) in [6.07, 6.45) is 0. The van der Waals surface area contributed by atoms with Crippen molar-refractivity contribution < 1.29 is 14.4 Å². The lowest BCUT2D eigenvalue weighted by Gasteiger charge is -2.09. The van der Waals surface area contributed by atoms with Gasteiger partial charge in [-0.3, -0.25) is 14.4 Å². The van der Waals surface area contributed by atoms with E-state index in [0.717, 1.165) is 11.1 Å². The molecule has 0 saturated carbocycles. The lowest BCUT2D eigenvalue weighted by atomic mass is 10.1. The largest absolute Gasteiger partial charge is 0.353 e. The summed E-state index contributed by atoms with van der Waals surface area (Å²) >= 11 is 5.78. The summed E-state index contributed by atoms with van der Waals surface area (Å²) in [5, 5.41) is 8.47. The van der Waals surface area contributed by atoms with Gasteiger partial charge in [-0.25, -0.2) is 0 Å². The van der Waals surface area contributed by atoms with Crippen LogP contribution in [0.1, 0.15) is 31.8 Å². The van der Waals surface area contributed by atoms with E-state index in [4.69, 9.17) is 11.6 Å². The van der Waals surface area contributed by atoms with Crippen LogP contribution in [0.25, 0.3) is 0 Å². The first-order chi connectivity index (χ1) is 12.8. The van der Waals surface area contributed by atoms with Gasteiger partial charge in [0, 0.05) is 29.2 Å². The van der Waals surface area contributed by atoms with Crippen molar-refractivity contribution in [1.82, 2.24) is 16.0 Å². The minimum absolute atomic E-state index is 0.128. The molecule has 27 heavy (non-hydrogen) atoms. The molecule has 7 heteroatoms. The third kappa shape index (κ3) is 6.75. The molecule has 0 radical (unpaired) electrons. The maximum Gasteiger partial charge on any atom is 0.251 e. The molecule has 0 fully saturated rings. The van der Waals surface area contributed by atoms with Gasteiger partial charge in [-0.1, -0.05) is 28.8 Å². The molecule has 0 aliphatic rings. The molecule has 0 aromatic heterocycles. The van der Waals surface area contributed by atoms with E-state index in [-0.39, 0.29) is 37.4 Å². The Kier molecular flexibility index (Phi) is 7.37. The Bertz CT molecular complexity index is 815. The Morgan fingerprint density at radius 2 is 1.33 bits per heavy atom. The summed E-state index contributed by atoms with van der Waals surface area (Å²) in [7, 11) is 0. The fourth-order valence-electron chi connectivity index (χ4n) is 2.51. The van der Waals surface area contributed by atoms with Crippen LogP contribution < -0.4 is 16.0 Å². The fraction of sp³-hybridized carbons (Fsp3) is 0.250. The van der Waals surface area contributed by atoms with Crippen LogP contribution in [0, 0.1) is 13.8 Å². The van der Waals surface area contributed by atoms with Crippen LogP contribution in [0.5, 0.6) is 0 Å². The zero-order valence-corrected chi connectivity index (χ0v) is 16.0. The summed E-state index contributed by atoms with van der Waals surface area (Å²) in [5.74, 6) is -0.870. The molecule has 0 heterocycles. The number of rotatable bonds is 7. The molecule has 6 nitrogen and oxygen atoms in total. The topological polar surface area (TPSA) is 87.3 Å². The highest BCUT2D eigenvalue weighted by Gasteiger charge is 2.09. The van der Waals surface area contributed by atoms with Crippen LogP contribution in [0.4, 0.5) is 0 Å². The van der Waals surface area contributed by atoms with Gasteiger partial charge in [-0.2, -0.15) is 0 Å². The summed E-state index contributed by atoms with van der Waals surface area (Å²) in [5.41, 5.74) is 2.99. The average molecular weight is 388 g/mol. The summed E-state index contributed by atoms with van der Waals surface area (Å²) < 4.78 is 0. The fourth-order valence-corrected chi connectivity index (χ4v) is 2.64. The lowest BCUT2D eigenvalue weighted by molar-refractivity contribution is -0.120. The number of hydrogen-bond acceptors (Lipinski definition) is 3. The van der Waals surface area contributed by atoms with Crippen LogP contribution in [0.2, 0.25) is 5.02 Å². The van der Waals surface area contributed by atoms with Crippen LogP contribution >= 0.6 is 11.6 Å². The van der Waals surface area contributed by atoms with Crippen LogP contribution in [-0.2, 0) is 4.79 Å². The van der Waals surface area contributed by atoms with Crippen molar-refractivity contribution in [3.05, 3.63) is 69.7 Å². The smallest absolute Gasteiger partial charge is 0.251 e. The Morgan fingerprint density at radius 3 is 1.96 bits per heavy atom. The number of carbonyl (C=O) groups excluding carboxylic acids is 3. The van der Waals surface area contributed by atoms with Crippen molar-refractivity contribution in [2.75, 3.05) is 19.6 Å². The van der Waals surface area contributed by atoms with Gasteiger partial charge in [0.15, 0.2) is 0 Å². The molecule has 0 aliphatic heterocycles. The van der Waals surface area contributed by atoms with Crippen LogP contribution in [0.15, 0.2) is 42.5 Å². The van der Waals surface area contributed by atoms with E-state index in [2.05, 4.69) is 16.0 Å². The number of aryl methyl sites for hydroxylation is 2. The highest BCUT2D eigenvalue weighted by Crippen LogP contribution is 2.09. The first-order valence-corrected chi connectivity index (χ1v) is 8.90. The number of benzene rings is 2. The summed E-state index contributed by atoms with van der Waals surface area (Å²) in [6.45, 7) is 4.23. The molecule has 0 aliphatic carbocycles. The average Bonchev–Trinajstić information content (AvgIpc) is 2.62. The predicted octanol–water partition coefficient (Wildman–Crippen LogP) is 2.23. The molecule has 2 aromatic carbocycles. The third-order valence-electron chi connectivity index (χ3n) is 3.73. The van der Waals surface area contributed by atoms with Gasteiger partial charge in [-0.15, -0.1) is 0 Å². The van der Waals surface area contributed by atoms with E-state index in [1.165, 1.54) is 0 Å². The number of halogens is 1. The van der Waals surface area contributed by atoms with Crippen LogP contribution in [0.3, 0.4) is 0 Å². The number of nitrogens with one attached hydrogen (secondary N) is 3. The van der Waals surface area contributed by atoms with E-state index in [0.29, 0.717) is 16.1 Å². The molecule has 0 unspecified atom stereocenters. The Hall–Kier alpha value is -2.86. The minimum atomic E-state index is -0.325. The van der Waals surface area contributed by atoms with Crippen molar-refractivity contribution in [1.29, 1.82) is 0 Å². The first kappa shape index (κ1) is 20.5. The first-order valence-electron chi connectivity index (χ1n) is 8.52. The molecule has 0 spiro atoms. The Labute approximate surface area is 163 Å². The zero-order valence-electron chi connectivity index (χ0n) is 15.3. The van der Waals surface area contributed by atoms with Crippen molar-refractivity contribution >= 4 is 29.3 Å². The molecule has 142 valence electrons. The van der Waals surface area contributed by atoms with Gasteiger partial charge in [0.05, 0.1) is 6.54 Å².